The second kappa shape index (κ2) is 7.98. The average molecular weight is 419 g/mol. The predicted molar refractivity (Wildman–Crippen MR) is 118 cm³/mol. The maximum atomic E-state index is 13.6. The minimum Gasteiger partial charge on any atom is -0.366 e. The number of amides is 2. The zero-order valence-electron chi connectivity index (χ0n) is 17.9. The van der Waals surface area contributed by atoms with Crippen molar-refractivity contribution in [2.24, 2.45) is 11.8 Å². The van der Waals surface area contributed by atoms with E-state index < -0.39 is 10.8 Å². The summed E-state index contributed by atoms with van der Waals surface area (Å²) in [4.78, 5) is 41.1. The maximum absolute atomic E-state index is 13.6. The molecule has 2 aliphatic rings. The lowest BCUT2D eigenvalue weighted by atomic mass is 9.91. The molecule has 4 rings (SSSR count). The van der Waals surface area contributed by atoms with Gasteiger partial charge in [0.2, 0.25) is 0 Å². The molecule has 0 aromatic heterocycles. The smallest absolute Gasteiger partial charge is 0.282 e. The summed E-state index contributed by atoms with van der Waals surface area (Å²) in [6.07, 6.45) is 1.07. The molecular weight excluding hydrogens is 394 g/mol. The van der Waals surface area contributed by atoms with Crippen LogP contribution in [-0.2, 0) is 9.59 Å². The number of carbonyl (C=O) groups excluding carboxylic acids is 2. The van der Waals surface area contributed by atoms with Gasteiger partial charge in [-0.2, -0.15) is 0 Å². The Balaban J connectivity index is 1.85. The Kier molecular flexibility index (Phi) is 5.35. The van der Waals surface area contributed by atoms with Crippen LogP contribution >= 0.6 is 0 Å². The van der Waals surface area contributed by atoms with E-state index in [-0.39, 0.29) is 11.6 Å². The molecule has 0 aliphatic carbocycles. The van der Waals surface area contributed by atoms with Gasteiger partial charge in [-0.15, -0.1) is 0 Å². The summed E-state index contributed by atoms with van der Waals surface area (Å²) in [6, 6.07) is 13.1. The van der Waals surface area contributed by atoms with Crippen LogP contribution in [0.2, 0.25) is 0 Å². The third kappa shape index (κ3) is 3.71. The minimum absolute atomic E-state index is 0.0568. The maximum Gasteiger partial charge on any atom is 0.282 e. The van der Waals surface area contributed by atoms with E-state index in [0.29, 0.717) is 47.4 Å². The predicted octanol–water partition coefficient (Wildman–Crippen LogP) is 4.17. The van der Waals surface area contributed by atoms with Crippen molar-refractivity contribution in [1.82, 2.24) is 4.90 Å². The first-order chi connectivity index (χ1) is 14.8. The van der Waals surface area contributed by atoms with Gasteiger partial charge in [-0.25, -0.2) is 4.90 Å². The van der Waals surface area contributed by atoms with Crippen molar-refractivity contribution in [2.75, 3.05) is 18.0 Å². The molecule has 1 fully saturated rings. The Hall–Kier alpha value is -3.48. The molecule has 0 saturated carbocycles. The number of imide groups is 1. The van der Waals surface area contributed by atoms with Gasteiger partial charge in [0.05, 0.1) is 16.2 Å². The van der Waals surface area contributed by atoms with Crippen LogP contribution in [0.15, 0.2) is 54.2 Å². The molecule has 2 unspecified atom stereocenters. The molecule has 2 aliphatic heterocycles. The number of hydrogen-bond donors (Lipinski definition) is 0. The van der Waals surface area contributed by atoms with Gasteiger partial charge in [0.25, 0.3) is 17.5 Å². The first-order valence-corrected chi connectivity index (χ1v) is 10.5. The topological polar surface area (TPSA) is 83.8 Å². The fraction of sp³-hybridized carbons (Fsp3) is 0.333. The van der Waals surface area contributed by atoms with E-state index in [1.807, 2.05) is 24.0 Å². The molecule has 1 saturated heterocycles. The monoisotopic (exact) mass is 419 g/mol. The first-order valence-electron chi connectivity index (χ1n) is 10.5. The van der Waals surface area contributed by atoms with E-state index in [1.54, 1.807) is 24.3 Å². The summed E-state index contributed by atoms with van der Waals surface area (Å²) in [5, 5.41) is 11.1. The van der Waals surface area contributed by atoms with Gasteiger partial charge in [0, 0.05) is 25.2 Å². The van der Waals surface area contributed by atoms with Gasteiger partial charge < -0.3 is 4.90 Å². The Labute approximate surface area is 181 Å². The van der Waals surface area contributed by atoms with Crippen LogP contribution in [0.1, 0.15) is 31.4 Å². The number of benzene rings is 2. The standard InChI is InChI=1S/C24H25N3O4/c1-15-12-16(2)14-25(13-15)22-21(18-8-10-19(11-9-18)27(30)31)23(28)26(24(22)29)20-7-5-4-6-17(20)3/h4-11,15-16H,12-14H2,1-3H3. The Bertz CT molecular complexity index is 1080. The third-order valence-electron chi connectivity index (χ3n) is 5.97. The number of likely N-dealkylation sites (tertiary alicyclic amines) is 1. The van der Waals surface area contributed by atoms with Crippen molar-refractivity contribution in [1.29, 1.82) is 0 Å². The zero-order chi connectivity index (χ0) is 22.3. The van der Waals surface area contributed by atoms with Crippen molar-refractivity contribution >= 4 is 28.8 Å². The number of nitro benzene ring substituents is 1. The van der Waals surface area contributed by atoms with E-state index in [4.69, 9.17) is 0 Å². The molecule has 2 aromatic rings. The van der Waals surface area contributed by atoms with Gasteiger partial charge >= 0.3 is 0 Å². The van der Waals surface area contributed by atoms with Crippen molar-refractivity contribution in [3.05, 3.63) is 75.5 Å². The molecule has 2 atom stereocenters. The van der Waals surface area contributed by atoms with Crippen molar-refractivity contribution in [2.45, 2.75) is 27.2 Å². The highest BCUT2D eigenvalue weighted by Gasteiger charge is 2.44. The van der Waals surface area contributed by atoms with Gasteiger partial charge in [-0.1, -0.05) is 32.0 Å². The number of aryl methyl sites for hydroxylation is 1. The first kappa shape index (κ1) is 20.8. The molecule has 160 valence electrons. The number of anilines is 1. The van der Waals surface area contributed by atoms with Crippen molar-refractivity contribution < 1.29 is 14.5 Å². The number of rotatable bonds is 4. The second-order valence-electron chi connectivity index (χ2n) is 8.61. The lowest BCUT2D eigenvalue weighted by Gasteiger charge is -2.37. The SMILES string of the molecule is Cc1ccccc1N1C(=O)C(c2ccc([N+](=O)[O-])cc2)=C(N2CC(C)CC(C)C2)C1=O. The van der Waals surface area contributed by atoms with Gasteiger partial charge in [-0.3, -0.25) is 19.7 Å². The number of non-ortho nitro benzene ring substituents is 1. The highest BCUT2D eigenvalue weighted by atomic mass is 16.6. The average Bonchev–Trinajstić information content (AvgIpc) is 2.98. The van der Waals surface area contributed by atoms with E-state index in [2.05, 4.69) is 13.8 Å². The van der Waals surface area contributed by atoms with Crippen LogP contribution in [0.3, 0.4) is 0 Å². The summed E-state index contributed by atoms with van der Waals surface area (Å²) in [7, 11) is 0. The fourth-order valence-electron chi connectivity index (χ4n) is 4.70. The molecule has 0 spiro atoms. The number of para-hydroxylation sites is 1. The Morgan fingerprint density at radius 2 is 1.55 bits per heavy atom. The normalized spacial score (nSPS) is 21.8. The summed E-state index contributed by atoms with van der Waals surface area (Å²) in [5.41, 5.74) is 2.54. The molecule has 0 N–H and O–H groups in total. The highest BCUT2D eigenvalue weighted by Crippen LogP contribution is 2.38. The minimum atomic E-state index is -0.478. The largest absolute Gasteiger partial charge is 0.366 e. The van der Waals surface area contributed by atoms with Gasteiger partial charge in [0.15, 0.2) is 0 Å². The number of nitrogens with zero attached hydrogens (tertiary/aromatic N) is 3. The van der Waals surface area contributed by atoms with E-state index in [1.165, 1.54) is 17.0 Å². The van der Waals surface area contributed by atoms with E-state index in [9.17, 15) is 19.7 Å². The highest BCUT2D eigenvalue weighted by molar-refractivity contribution is 6.45. The summed E-state index contributed by atoms with van der Waals surface area (Å²) in [5.74, 6) is 0.0533. The lowest BCUT2D eigenvalue weighted by molar-refractivity contribution is -0.384. The zero-order valence-corrected chi connectivity index (χ0v) is 17.9. The van der Waals surface area contributed by atoms with Crippen LogP contribution in [0.4, 0.5) is 11.4 Å². The fourth-order valence-corrected chi connectivity index (χ4v) is 4.70. The number of nitro groups is 1. The Morgan fingerprint density at radius 1 is 0.935 bits per heavy atom. The lowest BCUT2D eigenvalue weighted by Crippen LogP contribution is -2.42. The molecule has 2 amide bonds. The third-order valence-corrected chi connectivity index (χ3v) is 5.97. The van der Waals surface area contributed by atoms with Crippen LogP contribution in [0.25, 0.3) is 5.57 Å². The van der Waals surface area contributed by atoms with Crippen molar-refractivity contribution in [3.63, 3.8) is 0 Å². The van der Waals surface area contributed by atoms with Gasteiger partial charge in [0.1, 0.15) is 5.70 Å². The second-order valence-corrected chi connectivity index (χ2v) is 8.61. The summed E-state index contributed by atoms with van der Waals surface area (Å²) in [6.45, 7) is 7.54. The summed E-state index contributed by atoms with van der Waals surface area (Å²) >= 11 is 0. The molecule has 31 heavy (non-hydrogen) atoms. The molecule has 2 aromatic carbocycles. The number of hydrogen-bond acceptors (Lipinski definition) is 5. The quantitative estimate of drug-likeness (QED) is 0.422. The van der Waals surface area contributed by atoms with E-state index in [0.717, 1.165) is 12.0 Å². The molecular formula is C24H25N3O4. The molecule has 7 heteroatoms. The van der Waals surface area contributed by atoms with Crippen LogP contribution < -0.4 is 4.90 Å². The molecule has 2 heterocycles. The van der Waals surface area contributed by atoms with Crippen LogP contribution in [0.5, 0.6) is 0 Å². The summed E-state index contributed by atoms with van der Waals surface area (Å²) < 4.78 is 0. The van der Waals surface area contributed by atoms with Crippen LogP contribution in [-0.4, -0.2) is 34.7 Å². The Morgan fingerprint density at radius 3 is 2.13 bits per heavy atom. The van der Waals surface area contributed by atoms with Crippen LogP contribution in [0, 0.1) is 28.9 Å². The molecule has 0 radical (unpaired) electrons. The van der Waals surface area contributed by atoms with E-state index >= 15 is 0 Å². The van der Waals surface area contributed by atoms with Gasteiger partial charge in [-0.05, 0) is 54.5 Å². The molecule has 7 nitrogen and oxygen atoms in total. The molecule has 0 bridgehead atoms. The number of piperidine rings is 1. The van der Waals surface area contributed by atoms with Crippen molar-refractivity contribution in [3.8, 4) is 0 Å². The number of carbonyl (C=O) groups is 2.